The molecule has 0 aromatic heterocycles. The minimum atomic E-state index is -3.60. The summed E-state index contributed by atoms with van der Waals surface area (Å²) in [4.78, 5) is 14.5. The zero-order valence-electron chi connectivity index (χ0n) is 16.6. The van der Waals surface area contributed by atoms with Crippen molar-refractivity contribution in [1.82, 2.24) is 9.21 Å². The van der Waals surface area contributed by atoms with Crippen LogP contribution in [0.15, 0.2) is 47.4 Å². The van der Waals surface area contributed by atoms with Gasteiger partial charge in [0.15, 0.2) is 0 Å². The molecule has 0 saturated carbocycles. The van der Waals surface area contributed by atoms with Crippen LogP contribution in [0.3, 0.4) is 0 Å². The number of hydrogen-bond donors (Lipinski definition) is 1. The Morgan fingerprint density at radius 1 is 1.11 bits per heavy atom. The normalized spacial score (nSPS) is 11.8. The van der Waals surface area contributed by atoms with Gasteiger partial charge in [0.1, 0.15) is 0 Å². The Bertz CT molecular complexity index is 945. The molecular formula is C20H26ClN3O3S. The van der Waals surface area contributed by atoms with Crippen molar-refractivity contribution >= 4 is 33.2 Å². The standard InChI is InChI=1S/C20H26ClN3O3S/c1-15-7-5-6-8-16(15)14-24(4)12-11-20(25)22-19-13-17(9-10-18(19)21)28(26,27)23(2)3/h5-10,13H,11-12,14H2,1-4H3,(H,22,25). The number of sulfonamides is 1. The summed E-state index contributed by atoms with van der Waals surface area (Å²) in [6, 6.07) is 12.4. The highest BCUT2D eigenvalue weighted by atomic mass is 35.5. The summed E-state index contributed by atoms with van der Waals surface area (Å²) in [6.07, 6.45) is 0.267. The van der Waals surface area contributed by atoms with Crippen LogP contribution in [0, 0.1) is 6.92 Å². The monoisotopic (exact) mass is 423 g/mol. The first kappa shape index (κ1) is 22.4. The molecule has 28 heavy (non-hydrogen) atoms. The Kier molecular flexibility index (Phi) is 7.60. The lowest BCUT2D eigenvalue weighted by atomic mass is 10.1. The van der Waals surface area contributed by atoms with E-state index in [1.165, 1.54) is 43.4 Å². The molecule has 0 saturated heterocycles. The van der Waals surface area contributed by atoms with Crippen LogP contribution in [0.25, 0.3) is 0 Å². The summed E-state index contributed by atoms with van der Waals surface area (Å²) in [5.41, 5.74) is 2.72. The van der Waals surface area contributed by atoms with Crippen molar-refractivity contribution in [2.24, 2.45) is 0 Å². The van der Waals surface area contributed by atoms with E-state index in [1.807, 2.05) is 19.2 Å². The Morgan fingerprint density at radius 2 is 1.79 bits per heavy atom. The minimum absolute atomic E-state index is 0.0777. The molecule has 8 heteroatoms. The molecule has 0 heterocycles. The molecule has 0 aliphatic rings. The van der Waals surface area contributed by atoms with Crippen molar-refractivity contribution in [3.05, 3.63) is 58.6 Å². The second-order valence-electron chi connectivity index (χ2n) is 6.89. The molecule has 0 fully saturated rings. The molecule has 0 aliphatic heterocycles. The van der Waals surface area contributed by atoms with Crippen LogP contribution in [-0.4, -0.2) is 51.2 Å². The average Bonchev–Trinajstić information content (AvgIpc) is 2.63. The van der Waals surface area contributed by atoms with Gasteiger partial charge in [-0.3, -0.25) is 4.79 Å². The van der Waals surface area contributed by atoms with Crippen LogP contribution in [0.2, 0.25) is 5.02 Å². The third-order valence-corrected chi connectivity index (χ3v) is 6.55. The Balaban J connectivity index is 1.98. The molecule has 0 bridgehead atoms. The number of halogens is 1. The number of nitrogens with one attached hydrogen (secondary N) is 1. The lowest BCUT2D eigenvalue weighted by Crippen LogP contribution is -2.25. The molecular weight excluding hydrogens is 398 g/mol. The predicted molar refractivity (Wildman–Crippen MR) is 113 cm³/mol. The maximum absolute atomic E-state index is 12.3. The molecule has 0 unspecified atom stereocenters. The van der Waals surface area contributed by atoms with Crippen LogP contribution in [0.4, 0.5) is 5.69 Å². The zero-order chi connectivity index (χ0) is 20.9. The Morgan fingerprint density at radius 3 is 2.43 bits per heavy atom. The van der Waals surface area contributed by atoms with Crippen molar-refractivity contribution in [2.75, 3.05) is 33.0 Å². The topological polar surface area (TPSA) is 69.7 Å². The number of aryl methyl sites for hydroxylation is 1. The van der Waals surface area contributed by atoms with Crippen molar-refractivity contribution < 1.29 is 13.2 Å². The van der Waals surface area contributed by atoms with Gasteiger partial charge in [-0.25, -0.2) is 12.7 Å². The predicted octanol–water partition coefficient (Wildman–Crippen LogP) is 3.36. The molecule has 2 aromatic carbocycles. The van der Waals surface area contributed by atoms with E-state index < -0.39 is 10.0 Å². The van der Waals surface area contributed by atoms with Gasteiger partial charge in [0.2, 0.25) is 15.9 Å². The largest absolute Gasteiger partial charge is 0.325 e. The summed E-state index contributed by atoms with van der Waals surface area (Å²) < 4.78 is 25.6. The van der Waals surface area contributed by atoms with Gasteiger partial charge in [0, 0.05) is 33.6 Å². The molecule has 2 rings (SSSR count). The van der Waals surface area contributed by atoms with Gasteiger partial charge in [0.25, 0.3) is 0 Å². The number of rotatable bonds is 8. The molecule has 6 nitrogen and oxygen atoms in total. The van der Waals surface area contributed by atoms with Crippen LogP contribution in [0.5, 0.6) is 0 Å². The average molecular weight is 424 g/mol. The summed E-state index contributed by atoms with van der Waals surface area (Å²) >= 11 is 6.12. The molecule has 0 radical (unpaired) electrons. The maximum atomic E-state index is 12.3. The summed E-state index contributed by atoms with van der Waals surface area (Å²) in [6.45, 7) is 3.37. The molecule has 0 atom stereocenters. The first-order valence-electron chi connectivity index (χ1n) is 8.86. The van der Waals surface area contributed by atoms with Crippen LogP contribution in [0.1, 0.15) is 17.5 Å². The number of amides is 1. The first-order valence-corrected chi connectivity index (χ1v) is 10.7. The van der Waals surface area contributed by atoms with Gasteiger partial charge in [-0.1, -0.05) is 35.9 Å². The smallest absolute Gasteiger partial charge is 0.242 e. The summed E-state index contributed by atoms with van der Waals surface area (Å²) in [5.74, 6) is -0.224. The number of nitrogens with zero attached hydrogens (tertiary/aromatic N) is 2. The fourth-order valence-corrected chi connectivity index (χ4v) is 3.73. The highest BCUT2D eigenvalue weighted by Crippen LogP contribution is 2.26. The molecule has 152 valence electrons. The third-order valence-electron chi connectivity index (χ3n) is 4.41. The SMILES string of the molecule is Cc1ccccc1CN(C)CCC(=O)Nc1cc(S(=O)(=O)N(C)C)ccc1Cl. The molecule has 0 spiro atoms. The lowest BCUT2D eigenvalue weighted by Gasteiger charge is -2.18. The van der Waals surface area contributed by atoms with Gasteiger partial charge in [-0.2, -0.15) is 0 Å². The second kappa shape index (κ2) is 9.52. The first-order chi connectivity index (χ1) is 13.1. The van der Waals surface area contributed by atoms with Crippen molar-refractivity contribution in [3.63, 3.8) is 0 Å². The minimum Gasteiger partial charge on any atom is -0.325 e. The van der Waals surface area contributed by atoms with E-state index in [1.54, 1.807) is 0 Å². The number of carbonyl (C=O) groups is 1. The summed E-state index contributed by atoms with van der Waals surface area (Å²) in [5, 5.41) is 3.00. The Labute approximate surface area is 172 Å². The van der Waals surface area contributed by atoms with Crippen LogP contribution < -0.4 is 5.32 Å². The van der Waals surface area contributed by atoms with E-state index in [-0.39, 0.29) is 22.9 Å². The van der Waals surface area contributed by atoms with Gasteiger partial charge >= 0.3 is 0 Å². The van der Waals surface area contributed by atoms with Gasteiger partial charge in [0.05, 0.1) is 15.6 Å². The molecule has 0 aliphatic carbocycles. The van der Waals surface area contributed by atoms with Crippen LogP contribution in [-0.2, 0) is 21.4 Å². The van der Waals surface area contributed by atoms with Crippen molar-refractivity contribution in [1.29, 1.82) is 0 Å². The molecule has 1 N–H and O–H groups in total. The number of anilines is 1. The number of hydrogen-bond acceptors (Lipinski definition) is 4. The highest BCUT2D eigenvalue weighted by molar-refractivity contribution is 7.89. The van der Waals surface area contributed by atoms with Gasteiger partial charge < -0.3 is 10.2 Å². The van der Waals surface area contributed by atoms with Gasteiger partial charge in [-0.05, 0) is 43.3 Å². The van der Waals surface area contributed by atoms with E-state index >= 15 is 0 Å². The van der Waals surface area contributed by atoms with E-state index in [0.29, 0.717) is 11.6 Å². The molecule has 1 amide bonds. The number of carbonyl (C=O) groups excluding carboxylic acids is 1. The van der Waals surface area contributed by atoms with Gasteiger partial charge in [-0.15, -0.1) is 0 Å². The fourth-order valence-electron chi connectivity index (χ4n) is 2.63. The van der Waals surface area contributed by atoms with E-state index in [2.05, 4.69) is 29.3 Å². The second-order valence-corrected chi connectivity index (χ2v) is 9.45. The van der Waals surface area contributed by atoms with Crippen LogP contribution >= 0.6 is 11.6 Å². The fraction of sp³-hybridized carbons (Fsp3) is 0.350. The highest BCUT2D eigenvalue weighted by Gasteiger charge is 2.19. The van der Waals surface area contributed by atoms with E-state index in [0.717, 1.165) is 10.8 Å². The molecule has 2 aromatic rings. The maximum Gasteiger partial charge on any atom is 0.242 e. The van der Waals surface area contributed by atoms with Crippen molar-refractivity contribution in [3.8, 4) is 0 Å². The summed E-state index contributed by atoms with van der Waals surface area (Å²) in [7, 11) is 1.26. The van der Waals surface area contributed by atoms with Crippen molar-refractivity contribution in [2.45, 2.75) is 24.8 Å². The lowest BCUT2D eigenvalue weighted by molar-refractivity contribution is -0.116. The van der Waals surface area contributed by atoms with E-state index in [4.69, 9.17) is 11.6 Å². The third kappa shape index (κ3) is 5.78. The number of benzene rings is 2. The Hall–Kier alpha value is -1.93. The zero-order valence-corrected chi connectivity index (χ0v) is 18.1. The quantitative estimate of drug-likeness (QED) is 0.706. The van der Waals surface area contributed by atoms with E-state index in [9.17, 15) is 13.2 Å².